The van der Waals surface area contributed by atoms with Crippen LogP contribution in [0.5, 0.6) is 0 Å². The number of amides is 1. The fourth-order valence-electron chi connectivity index (χ4n) is 3.16. The lowest BCUT2D eigenvalue weighted by Gasteiger charge is -2.22. The molecule has 1 amide bonds. The number of ketones is 2. The predicted octanol–water partition coefficient (Wildman–Crippen LogP) is 4.06. The zero-order chi connectivity index (χ0) is 19.1. The molecular weight excluding hydrogens is 408 g/mol. The Kier molecular flexibility index (Phi) is 4.12. The lowest BCUT2D eigenvalue weighted by Crippen LogP contribution is -2.25. The Bertz CT molecular complexity index is 1120. The molecule has 1 aliphatic carbocycles. The molecule has 6 heteroatoms. The van der Waals surface area contributed by atoms with Gasteiger partial charge in [-0.1, -0.05) is 34.1 Å². The summed E-state index contributed by atoms with van der Waals surface area (Å²) in [4.78, 5) is 38.6. The summed E-state index contributed by atoms with van der Waals surface area (Å²) in [6, 6.07) is 16.6. The average Bonchev–Trinajstić information content (AvgIpc) is 2.68. The fourth-order valence-corrected chi connectivity index (χ4v) is 3.52. The number of halogens is 1. The van der Waals surface area contributed by atoms with Gasteiger partial charge in [0.2, 0.25) is 0 Å². The van der Waals surface area contributed by atoms with E-state index in [2.05, 4.69) is 21.2 Å². The van der Waals surface area contributed by atoms with Gasteiger partial charge in [0.15, 0.2) is 11.6 Å². The Morgan fingerprint density at radius 3 is 2.30 bits per heavy atom. The summed E-state index contributed by atoms with van der Waals surface area (Å²) in [6.45, 7) is 0. The van der Waals surface area contributed by atoms with E-state index in [4.69, 9.17) is 5.73 Å². The van der Waals surface area contributed by atoms with Crippen molar-refractivity contribution >= 4 is 44.8 Å². The van der Waals surface area contributed by atoms with E-state index < -0.39 is 0 Å². The number of rotatable bonds is 2. The van der Waals surface area contributed by atoms with Crippen LogP contribution in [0.2, 0.25) is 0 Å². The number of nitrogens with one attached hydrogen (secondary N) is 1. The van der Waals surface area contributed by atoms with Crippen molar-refractivity contribution in [2.75, 3.05) is 11.1 Å². The number of anilines is 2. The van der Waals surface area contributed by atoms with E-state index in [1.165, 1.54) is 6.07 Å². The van der Waals surface area contributed by atoms with Gasteiger partial charge in [0.05, 0.1) is 16.8 Å². The SMILES string of the molecule is Nc1ccc(NC(=O)c2ccccc2)c2c1C(=O)c1cc(Br)ccc1C2=O. The molecule has 0 spiro atoms. The number of benzene rings is 3. The van der Waals surface area contributed by atoms with Gasteiger partial charge in [-0.3, -0.25) is 14.4 Å². The van der Waals surface area contributed by atoms with Crippen molar-refractivity contribution in [1.82, 2.24) is 0 Å². The summed E-state index contributed by atoms with van der Waals surface area (Å²) in [6.07, 6.45) is 0. The normalized spacial score (nSPS) is 12.3. The van der Waals surface area contributed by atoms with E-state index >= 15 is 0 Å². The van der Waals surface area contributed by atoms with Crippen molar-refractivity contribution in [2.45, 2.75) is 0 Å². The quantitative estimate of drug-likeness (QED) is 0.478. The Hall–Kier alpha value is -3.25. The fraction of sp³-hybridized carbons (Fsp3) is 0. The van der Waals surface area contributed by atoms with Crippen molar-refractivity contribution in [2.24, 2.45) is 0 Å². The highest BCUT2D eigenvalue weighted by Gasteiger charge is 2.34. The first kappa shape index (κ1) is 17.2. The minimum atomic E-state index is -0.371. The number of carbonyl (C=O) groups is 3. The Balaban J connectivity index is 1.84. The molecule has 0 aromatic heterocycles. The molecule has 0 heterocycles. The molecule has 0 saturated heterocycles. The number of hydrogen-bond acceptors (Lipinski definition) is 4. The molecule has 0 radical (unpaired) electrons. The van der Waals surface area contributed by atoms with Crippen LogP contribution in [0.1, 0.15) is 42.2 Å². The monoisotopic (exact) mass is 420 g/mol. The van der Waals surface area contributed by atoms with Crippen LogP contribution in [0.25, 0.3) is 0 Å². The van der Waals surface area contributed by atoms with Crippen LogP contribution in [-0.2, 0) is 0 Å². The van der Waals surface area contributed by atoms with Gasteiger partial charge in [-0.2, -0.15) is 0 Å². The third-order valence-corrected chi connectivity index (χ3v) is 4.94. The first-order valence-corrected chi connectivity index (χ1v) is 8.94. The molecule has 132 valence electrons. The molecule has 3 N–H and O–H groups in total. The summed E-state index contributed by atoms with van der Waals surface area (Å²) >= 11 is 3.32. The minimum absolute atomic E-state index is 0.122. The van der Waals surface area contributed by atoms with Gasteiger partial charge in [0.1, 0.15) is 0 Å². The van der Waals surface area contributed by atoms with Crippen LogP contribution in [0.3, 0.4) is 0 Å². The molecule has 1 aliphatic rings. The number of nitrogens with two attached hydrogens (primary N) is 1. The Labute approximate surface area is 163 Å². The van der Waals surface area contributed by atoms with Gasteiger partial charge >= 0.3 is 0 Å². The average molecular weight is 421 g/mol. The molecule has 3 aromatic rings. The van der Waals surface area contributed by atoms with E-state index in [1.54, 1.807) is 54.6 Å². The molecule has 0 saturated carbocycles. The third-order valence-electron chi connectivity index (χ3n) is 4.45. The van der Waals surface area contributed by atoms with Crippen LogP contribution < -0.4 is 11.1 Å². The summed E-state index contributed by atoms with van der Waals surface area (Å²) in [5, 5.41) is 2.73. The largest absolute Gasteiger partial charge is 0.398 e. The lowest BCUT2D eigenvalue weighted by molar-refractivity contribution is 0.0979. The highest BCUT2D eigenvalue weighted by Crippen LogP contribution is 2.36. The summed E-state index contributed by atoms with van der Waals surface area (Å²) < 4.78 is 0.693. The second-order valence-corrected chi connectivity index (χ2v) is 7.04. The molecule has 0 aliphatic heterocycles. The zero-order valence-electron chi connectivity index (χ0n) is 14.0. The third kappa shape index (κ3) is 2.84. The van der Waals surface area contributed by atoms with Crippen LogP contribution in [0.4, 0.5) is 11.4 Å². The molecule has 0 bridgehead atoms. The maximum absolute atomic E-state index is 13.1. The molecule has 3 aromatic carbocycles. The molecule has 0 unspecified atom stereocenters. The second kappa shape index (κ2) is 6.48. The van der Waals surface area contributed by atoms with Crippen molar-refractivity contribution in [3.8, 4) is 0 Å². The molecule has 5 nitrogen and oxygen atoms in total. The van der Waals surface area contributed by atoms with Gasteiger partial charge in [-0.25, -0.2) is 0 Å². The maximum Gasteiger partial charge on any atom is 0.255 e. The van der Waals surface area contributed by atoms with Crippen molar-refractivity contribution in [1.29, 1.82) is 0 Å². The van der Waals surface area contributed by atoms with Crippen LogP contribution in [-0.4, -0.2) is 17.5 Å². The summed E-state index contributed by atoms with van der Waals surface area (Å²) in [5.41, 5.74) is 7.74. The highest BCUT2D eigenvalue weighted by molar-refractivity contribution is 9.10. The van der Waals surface area contributed by atoms with Crippen molar-refractivity contribution < 1.29 is 14.4 Å². The molecule has 27 heavy (non-hydrogen) atoms. The van der Waals surface area contributed by atoms with E-state index in [0.29, 0.717) is 15.6 Å². The van der Waals surface area contributed by atoms with E-state index in [9.17, 15) is 14.4 Å². The second-order valence-electron chi connectivity index (χ2n) is 6.12. The van der Waals surface area contributed by atoms with E-state index in [1.807, 2.05) is 0 Å². The van der Waals surface area contributed by atoms with Crippen molar-refractivity contribution in [3.63, 3.8) is 0 Å². The molecule has 0 fully saturated rings. The molecular formula is C21H13BrN2O3. The van der Waals surface area contributed by atoms with Crippen LogP contribution in [0.15, 0.2) is 65.1 Å². The van der Waals surface area contributed by atoms with Gasteiger partial charge in [-0.05, 0) is 42.5 Å². The molecule has 0 atom stereocenters. The summed E-state index contributed by atoms with van der Waals surface area (Å²) in [7, 11) is 0. The maximum atomic E-state index is 13.1. The first-order chi connectivity index (χ1) is 13.0. The number of hydrogen-bond donors (Lipinski definition) is 2. The number of nitrogen functional groups attached to an aromatic ring is 1. The van der Waals surface area contributed by atoms with Crippen LogP contribution >= 0.6 is 15.9 Å². The van der Waals surface area contributed by atoms with Gasteiger partial charge in [0, 0.05) is 26.9 Å². The molecule has 4 rings (SSSR count). The predicted molar refractivity (Wildman–Crippen MR) is 106 cm³/mol. The zero-order valence-corrected chi connectivity index (χ0v) is 15.5. The van der Waals surface area contributed by atoms with Gasteiger partial charge < -0.3 is 11.1 Å². The summed E-state index contributed by atoms with van der Waals surface area (Å²) in [5.74, 6) is -1.05. The Morgan fingerprint density at radius 1 is 0.852 bits per heavy atom. The number of carbonyl (C=O) groups excluding carboxylic acids is 3. The first-order valence-electron chi connectivity index (χ1n) is 8.15. The minimum Gasteiger partial charge on any atom is -0.398 e. The smallest absolute Gasteiger partial charge is 0.255 e. The lowest BCUT2D eigenvalue weighted by atomic mass is 9.82. The van der Waals surface area contributed by atoms with E-state index in [-0.39, 0.29) is 45.5 Å². The standard InChI is InChI=1S/C21H13BrN2O3/c22-12-6-7-13-14(10-12)20(26)17-15(23)8-9-16(18(17)19(13)25)24-21(27)11-4-2-1-3-5-11/h1-10H,23H2,(H,24,27). The van der Waals surface area contributed by atoms with Gasteiger partial charge in [0.25, 0.3) is 5.91 Å². The van der Waals surface area contributed by atoms with Crippen molar-refractivity contribution in [3.05, 3.63) is 93.0 Å². The highest BCUT2D eigenvalue weighted by atomic mass is 79.9. The van der Waals surface area contributed by atoms with E-state index in [0.717, 1.165) is 0 Å². The topological polar surface area (TPSA) is 89.3 Å². The van der Waals surface area contributed by atoms with Gasteiger partial charge in [-0.15, -0.1) is 0 Å². The van der Waals surface area contributed by atoms with Crippen LogP contribution in [0, 0.1) is 0 Å². The Morgan fingerprint density at radius 2 is 1.56 bits per heavy atom. The number of fused-ring (bicyclic) bond motifs is 2.